The summed E-state index contributed by atoms with van der Waals surface area (Å²) in [4.78, 5) is 2.34. The Bertz CT molecular complexity index is 405. The lowest BCUT2D eigenvalue weighted by molar-refractivity contribution is -0.169. The van der Waals surface area contributed by atoms with Gasteiger partial charge in [-0.2, -0.15) is 0 Å². The van der Waals surface area contributed by atoms with Crippen LogP contribution in [0.4, 0.5) is 5.69 Å². The highest BCUT2D eigenvalue weighted by Gasteiger charge is 2.40. The lowest BCUT2D eigenvalue weighted by Crippen LogP contribution is -2.45. The van der Waals surface area contributed by atoms with Crippen molar-refractivity contribution in [2.24, 2.45) is 0 Å². The van der Waals surface area contributed by atoms with Gasteiger partial charge in [0.25, 0.3) is 0 Å². The summed E-state index contributed by atoms with van der Waals surface area (Å²) in [6, 6.07) is 8.15. The fourth-order valence-electron chi connectivity index (χ4n) is 2.77. The maximum atomic E-state index is 5.74. The molecule has 2 saturated heterocycles. The van der Waals surface area contributed by atoms with Gasteiger partial charge in [0.15, 0.2) is 5.79 Å². The van der Waals surface area contributed by atoms with E-state index in [4.69, 9.17) is 14.2 Å². The Morgan fingerprint density at radius 3 is 2.44 bits per heavy atom. The number of hydrogen-bond donors (Lipinski definition) is 0. The molecule has 4 nitrogen and oxygen atoms in total. The smallest absolute Gasteiger partial charge is 0.171 e. The second-order valence-corrected chi connectivity index (χ2v) is 4.77. The second kappa shape index (κ2) is 4.78. The summed E-state index contributed by atoms with van der Waals surface area (Å²) in [6.07, 6.45) is 1.84. The van der Waals surface area contributed by atoms with Crippen LogP contribution in [0.15, 0.2) is 24.3 Å². The molecule has 1 aromatic carbocycles. The Hall–Kier alpha value is -1.26. The van der Waals surface area contributed by atoms with Gasteiger partial charge in [-0.15, -0.1) is 0 Å². The average molecular weight is 249 g/mol. The van der Waals surface area contributed by atoms with Crippen LogP contribution in [-0.4, -0.2) is 39.2 Å². The highest BCUT2D eigenvalue weighted by atomic mass is 16.7. The normalized spacial score (nSPS) is 22.4. The first-order valence-electron chi connectivity index (χ1n) is 6.49. The number of hydrogen-bond acceptors (Lipinski definition) is 4. The van der Waals surface area contributed by atoms with Crippen LogP contribution < -0.4 is 9.64 Å². The molecule has 0 atom stereocenters. The highest BCUT2D eigenvalue weighted by molar-refractivity contribution is 5.58. The van der Waals surface area contributed by atoms with E-state index < -0.39 is 0 Å². The molecule has 0 N–H and O–H groups in total. The van der Waals surface area contributed by atoms with E-state index in [1.54, 1.807) is 7.11 Å². The molecule has 98 valence electrons. The molecule has 2 aliphatic heterocycles. The van der Waals surface area contributed by atoms with Crippen molar-refractivity contribution in [3.63, 3.8) is 0 Å². The van der Waals surface area contributed by atoms with Crippen LogP contribution in [0.25, 0.3) is 0 Å². The van der Waals surface area contributed by atoms with Gasteiger partial charge in [0.05, 0.1) is 26.0 Å². The number of piperidine rings is 1. The summed E-state index contributed by atoms with van der Waals surface area (Å²) in [5.74, 6) is 0.625. The van der Waals surface area contributed by atoms with E-state index in [1.165, 1.54) is 0 Å². The van der Waals surface area contributed by atoms with Gasteiger partial charge in [0, 0.05) is 25.9 Å². The van der Waals surface area contributed by atoms with Crippen LogP contribution in [0.1, 0.15) is 12.8 Å². The van der Waals surface area contributed by atoms with Gasteiger partial charge in [-0.1, -0.05) is 12.1 Å². The Kier molecular flexibility index (Phi) is 3.14. The molecule has 2 fully saturated rings. The monoisotopic (exact) mass is 249 g/mol. The predicted molar refractivity (Wildman–Crippen MR) is 69.1 cm³/mol. The number of nitrogens with zero attached hydrogens (tertiary/aromatic N) is 1. The van der Waals surface area contributed by atoms with Crippen LogP contribution in [0, 0.1) is 0 Å². The molecule has 1 spiro atoms. The third-order valence-electron chi connectivity index (χ3n) is 3.76. The van der Waals surface area contributed by atoms with Gasteiger partial charge in [0.2, 0.25) is 0 Å². The Balaban J connectivity index is 1.72. The molecule has 18 heavy (non-hydrogen) atoms. The Labute approximate surface area is 107 Å². The quantitative estimate of drug-likeness (QED) is 0.802. The lowest BCUT2D eigenvalue weighted by Gasteiger charge is -2.39. The molecular weight excluding hydrogens is 230 g/mol. The predicted octanol–water partition coefficient (Wildman–Crippen LogP) is 2.04. The van der Waals surface area contributed by atoms with Crippen LogP contribution in [-0.2, 0) is 9.47 Å². The number of rotatable bonds is 2. The van der Waals surface area contributed by atoms with Crippen molar-refractivity contribution in [3.8, 4) is 5.75 Å². The Morgan fingerprint density at radius 1 is 1.11 bits per heavy atom. The summed E-state index contributed by atoms with van der Waals surface area (Å²) in [6.45, 7) is 3.35. The fraction of sp³-hybridized carbons (Fsp3) is 0.571. The molecule has 0 radical (unpaired) electrons. The number of methoxy groups -OCH3 is 1. The lowest BCUT2D eigenvalue weighted by atomic mass is 10.0. The minimum atomic E-state index is -0.307. The minimum absolute atomic E-state index is 0.307. The first kappa shape index (κ1) is 11.8. The first-order valence-corrected chi connectivity index (χ1v) is 6.49. The van der Waals surface area contributed by atoms with Crippen LogP contribution >= 0.6 is 0 Å². The third-order valence-corrected chi connectivity index (χ3v) is 3.76. The summed E-state index contributed by atoms with van der Waals surface area (Å²) in [5, 5.41) is 0. The summed E-state index contributed by atoms with van der Waals surface area (Å²) >= 11 is 0. The molecule has 0 aromatic heterocycles. The van der Waals surface area contributed by atoms with Gasteiger partial charge in [0.1, 0.15) is 5.75 Å². The van der Waals surface area contributed by atoms with Crippen LogP contribution in [0.5, 0.6) is 5.75 Å². The summed E-state index contributed by atoms with van der Waals surface area (Å²) in [5.41, 5.74) is 1.16. The third kappa shape index (κ3) is 2.06. The highest BCUT2D eigenvalue weighted by Crippen LogP contribution is 2.36. The standard InChI is InChI=1S/C14H19NO3/c1-16-13-5-3-2-4-12(13)15-8-6-14(7-9-15)17-10-11-18-14/h2-5H,6-11H2,1H3. The van der Waals surface area contributed by atoms with Gasteiger partial charge in [-0.25, -0.2) is 0 Å². The zero-order valence-electron chi connectivity index (χ0n) is 10.7. The molecular formula is C14H19NO3. The molecule has 3 rings (SSSR count). The second-order valence-electron chi connectivity index (χ2n) is 4.77. The summed E-state index contributed by atoms with van der Waals surface area (Å²) in [7, 11) is 1.72. The van der Waals surface area contributed by atoms with Crippen LogP contribution in [0.2, 0.25) is 0 Å². The van der Waals surface area contributed by atoms with Gasteiger partial charge >= 0.3 is 0 Å². The largest absolute Gasteiger partial charge is 0.495 e. The maximum absolute atomic E-state index is 5.74. The molecule has 0 unspecified atom stereocenters. The topological polar surface area (TPSA) is 30.9 Å². The molecule has 0 aliphatic carbocycles. The van der Waals surface area contributed by atoms with E-state index in [1.807, 2.05) is 18.2 Å². The zero-order valence-corrected chi connectivity index (χ0v) is 10.7. The minimum Gasteiger partial charge on any atom is -0.495 e. The van der Waals surface area contributed by atoms with Crippen molar-refractivity contribution in [3.05, 3.63) is 24.3 Å². The number of anilines is 1. The van der Waals surface area contributed by atoms with E-state index in [2.05, 4.69) is 11.0 Å². The van der Waals surface area contributed by atoms with Gasteiger partial charge in [-0.05, 0) is 12.1 Å². The maximum Gasteiger partial charge on any atom is 0.171 e. The molecule has 0 bridgehead atoms. The number of benzene rings is 1. The fourth-order valence-corrected chi connectivity index (χ4v) is 2.77. The molecule has 0 saturated carbocycles. The van der Waals surface area contributed by atoms with Crippen molar-refractivity contribution in [1.82, 2.24) is 0 Å². The van der Waals surface area contributed by atoms with Crippen molar-refractivity contribution in [2.45, 2.75) is 18.6 Å². The SMILES string of the molecule is COc1ccccc1N1CCC2(CC1)OCCO2. The van der Waals surface area contributed by atoms with E-state index in [-0.39, 0.29) is 5.79 Å². The van der Waals surface area contributed by atoms with E-state index in [0.717, 1.165) is 50.6 Å². The van der Waals surface area contributed by atoms with Gasteiger partial charge in [-0.3, -0.25) is 0 Å². The van der Waals surface area contributed by atoms with E-state index in [9.17, 15) is 0 Å². The molecule has 0 amide bonds. The molecule has 1 aromatic rings. The molecule has 2 aliphatic rings. The Morgan fingerprint density at radius 2 is 1.78 bits per heavy atom. The first-order chi connectivity index (χ1) is 8.83. The average Bonchev–Trinajstić information content (AvgIpc) is 2.88. The van der Waals surface area contributed by atoms with Crippen molar-refractivity contribution >= 4 is 5.69 Å². The summed E-state index contributed by atoms with van der Waals surface area (Å²) < 4.78 is 16.9. The van der Waals surface area contributed by atoms with Crippen molar-refractivity contribution < 1.29 is 14.2 Å². The molecule has 4 heteroatoms. The van der Waals surface area contributed by atoms with Gasteiger partial charge < -0.3 is 19.1 Å². The number of ether oxygens (including phenoxy) is 3. The van der Waals surface area contributed by atoms with E-state index in [0.29, 0.717) is 0 Å². The van der Waals surface area contributed by atoms with Crippen molar-refractivity contribution in [2.75, 3.05) is 38.3 Å². The number of para-hydroxylation sites is 2. The van der Waals surface area contributed by atoms with E-state index >= 15 is 0 Å². The van der Waals surface area contributed by atoms with Crippen LogP contribution in [0.3, 0.4) is 0 Å². The van der Waals surface area contributed by atoms with Crippen molar-refractivity contribution in [1.29, 1.82) is 0 Å². The zero-order chi connectivity index (χ0) is 12.4. The molecule has 2 heterocycles.